The summed E-state index contributed by atoms with van der Waals surface area (Å²) >= 11 is 6.89. The molecule has 8 heteroatoms. The first-order valence-electron chi connectivity index (χ1n) is 10.4. The predicted octanol–water partition coefficient (Wildman–Crippen LogP) is 3.18. The minimum Gasteiger partial charge on any atom is -0.343 e. The monoisotopic (exact) mass is 444 g/mol. The Balaban J connectivity index is 1.55. The van der Waals surface area contributed by atoms with Crippen molar-refractivity contribution in [2.24, 2.45) is 0 Å². The standard InChI is InChI=1S/C24H21ClN6O/c1-29-12-13-30(16-19(29)32)14-15-31-24-20(22(28-31)17-8-4-2-5-9-17)21(25)23(26-27-24)18-10-6-3-7-11-18/h3-4,6-11H,12-16H2,1H3. The third-order valence-electron chi connectivity index (χ3n) is 5.74. The van der Waals surface area contributed by atoms with E-state index in [1.54, 1.807) is 11.0 Å². The van der Waals surface area contributed by atoms with Crippen molar-refractivity contribution in [3.63, 3.8) is 0 Å². The largest absolute Gasteiger partial charge is 0.343 e. The Hall–Kier alpha value is -3.47. The topological polar surface area (TPSA) is 67.2 Å². The van der Waals surface area contributed by atoms with E-state index >= 15 is 0 Å². The molecule has 32 heavy (non-hydrogen) atoms. The number of benzene rings is 1. The van der Waals surface area contributed by atoms with Gasteiger partial charge in [-0.05, 0) is 18.2 Å². The Morgan fingerprint density at radius 3 is 2.66 bits per heavy atom. The number of allylic oxidation sites excluding steroid dienone is 4. The minimum atomic E-state index is 0.133. The summed E-state index contributed by atoms with van der Waals surface area (Å²) in [5.74, 6) is 0.133. The van der Waals surface area contributed by atoms with Gasteiger partial charge in [0.15, 0.2) is 5.65 Å². The highest BCUT2D eigenvalue weighted by Crippen LogP contribution is 2.36. The summed E-state index contributed by atoms with van der Waals surface area (Å²) in [6.07, 6.45) is 5.57. The van der Waals surface area contributed by atoms with Crippen LogP contribution in [0.15, 0.2) is 60.0 Å². The van der Waals surface area contributed by atoms with Gasteiger partial charge in [0.25, 0.3) is 0 Å². The third kappa shape index (κ3) is 3.79. The number of hydrogen-bond acceptors (Lipinski definition) is 5. The minimum absolute atomic E-state index is 0.133. The van der Waals surface area contributed by atoms with Gasteiger partial charge >= 0.3 is 0 Å². The highest BCUT2D eigenvalue weighted by Gasteiger charge is 2.24. The smallest absolute Gasteiger partial charge is 0.236 e. The van der Waals surface area contributed by atoms with Crippen molar-refractivity contribution in [2.45, 2.75) is 6.54 Å². The molecule has 0 bridgehead atoms. The van der Waals surface area contributed by atoms with Crippen molar-refractivity contribution in [1.82, 2.24) is 29.8 Å². The maximum Gasteiger partial charge on any atom is 0.236 e. The molecule has 1 aliphatic carbocycles. The van der Waals surface area contributed by atoms with Crippen LogP contribution in [0.2, 0.25) is 5.02 Å². The first-order valence-corrected chi connectivity index (χ1v) is 10.8. The molecule has 0 spiro atoms. The quantitative estimate of drug-likeness (QED) is 0.565. The molecule has 0 radical (unpaired) electrons. The Bertz CT molecular complexity index is 1330. The number of aromatic nitrogens is 4. The van der Waals surface area contributed by atoms with E-state index in [2.05, 4.69) is 26.6 Å². The second-order valence-corrected chi connectivity index (χ2v) is 8.19. The Labute approximate surface area is 190 Å². The van der Waals surface area contributed by atoms with Gasteiger partial charge in [0.2, 0.25) is 5.91 Å². The van der Waals surface area contributed by atoms with Gasteiger partial charge in [-0.3, -0.25) is 9.69 Å². The molecular formula is C24H21ClN6O. The van der Waals surface area contributed by atoms with Gasteiger partial charge in [-0.2, -0.15) is 5.10 Å². The van der Waals surface area contributed by atoms with Gasteiger partial charge in [-0.1, -0.05) is 53.4 Å². The van der Waals surface area contributed by atoms with E-state index in [-0.39, 0.29) is 5.91 Å². The first kappa shape index (κ1) is 20.4. The van der Waals surface area contributed by atoms with E-state index in [4.69, 9.17) is 16.7 Å². The number of rotatable bonds is 5. The van der Waals surface area contributed by atoms with Crippen molar-refractivity contribution in [3.05, 3.63) is 70.7 Å². The summed E-state index contributed by atoms with van der Waals surface area (Å²) in [6, 6.07) is 9.76. The van der Waals surface area contributed by atoms with Gasteiger partial charge in [-0.15, -0.1) is 10.2 Å². The van der Waals surface area contributed by atoms with Crippen LogP contribution < -0.4 is 0 Å². The number of nitrogens with zero attached hydrogens (tertiary/aromatic N) is 6. The van der Waals surface area contributed by atoms with Crippen LogP contribution in [0.5, 0.6) is 0 Å². The number of amides is 1. The number of fused-ring (bicyclic) bond motifs is 1. The predicted molar refractivity (Wildman–Crippen MR) is 124 cm³/mol. The fraction of sp³-hybridized carbons (Fsp3) is 0.250. The Morgan fingerprint density at radius 1 is 1.06 bits per heavy atom. The van der Waals surface area contributed by atoms with Crippen LogP contribution in [0.4, 0.5) is 0 Å². The van der Waals surface area contributed by atoms with Gasteiger partial charge in [0.1, 0.15) is 11.4 Å². The molecule has 7 nitrogen and oxygen atoms in total. The maximum absolute atomic E-state index is 12.0. The van der Waals surface area contributed by atoms with Crippen LogP contribution in [0, 0.1) is 0 Å². The molecule has 1 fully saturated rings. The van der Waals surface area contributed by atoms with Gasteiger partial charge in [0.05, 0.1) is 23.5 Å². The molecule has 2 aromatic heterocycles. The number of piperazine rings is 1. The molecule has 1 aliphatic heterocycles. The van der Waals surface area contributed by atoms with Crippen LogP contribution in [-0.4, -0.2) is 68.9 Å². The fourth-order valence-corrected chi connectivity index (χ4v) is 4.20. The van der Waals surface area contributed by atoms with Crippen molar-refractivity contribution < 1.29 is 4.79 Å². The molecule has 0 atom stereocenters. The van der Waals surface area contributed by atoms with E-state index in [1.807, 2.05) is 54.2 Å². The second kappa shape index (κ2) is 8.58. The lowest BCUT2D eigenvalue weighted by atomic mass is 10.1. The summed E-state index contributed by atoms with van der Waals surface area (Å²) in [5.41, 5.74) is 9.67. The van der Waals surface area contributed by atoms with E-state index in [9.17, 15) is 4.79 Å². The van der Waals surface area contributed by atoms with Crippen LogP contribution in [0.25, 0.3) is 27.9 Å². The molecule has 0 N–H and O–H groups in total. The number of hydrogen-bond donors (Lipinski definition) is 0. The number of likely N-dealkylation sites (N-methyl/N-ethyl adjacent to an activating group) is 1. The lowest BCUT2D eigenvalue weighted by Crippen LogP contribution is -2.49. The fourth-order valence-electron chi connectivity index (χ4n) is 3.88. The average molecular weight is 445 g/mol. The zero-order chi connectivity index (χ0) is 22.1. The lowest BCUT2D eigenvalue weighted by Gasteiger charge is -2.31. The molecule has 3 aromatic rings. The maximum atomic E-state index is 12.0. The van der Waals surface area contributed by atoms with Crippen molar-refractivity contribution in [3.8, 4) is 11.3 Å². The lowest BCUT2D eigenvalue weighted by molar-refractivity contribution is -0.134. The molecule has 5 rings (SSSR count). The molecule has 0 unspecified atom stereocenters. The number of halogens is 1. The summed E-state index contributed by atoms with van der Waals surface area (Å²) < 4.78 is 1.83. The summed E-state index contributed by atoms with van der Waals surface area (Å²) in [6.45, 7) is 3.24. The highest BCUT2D eigenvalue weighted by molar-refractivity contribution is 6.38. The van der Waals surface area contributed by atoms with Crippen LogP contribution in [0.3, 0.4) is 0 Å². The molecule has 2 aliphatic rings. The van der Waals surface area contributed by atoms with E-state index in [1.165, 1.54) is 0 Å². The van der Waals surface area contributed by atoms with Gasteiger partial charge in [0, 0.05) is 37.8 Å². The average Bonchev–Trinajstić information content (AvgIpc) is 3.21. The first-order chi connectivity index (χ1) is 15.6. The second-order valence-electron chi connectivity index (χ2n) is 7.81. The molecule has 1 amide bonds. The van der Waals surface area contributed by atoms with Crippen molar-refractivity contribution in [1.29, 1.82) is 0 Å². The van der Waals surface area contributed by atoms with Crippen LogP contribution in [0.1, 0.15) is 5.69 Å². The molecule has 0 saturated carbocycles. The number of carbonyl (C=O) groups excluding carboxylic acids is 1. The summed E-state index contributed by atoms with van der Waals surface area (Å²) in [5, 5.41) is 15.1. The summed E-state index contributed by atoms with van der Waals surface area (Å²) in [7, 11) is 1.84. The number of carbonyl (C=O) groups is 1. The van der Waals surface area contributed by atoms with E-state index < -0.39 is 0 Å². The molecule has 1 saturated heterocycles. The summed E-state index contributed by atoms with van der Waals surface area (Å²) in [4.78, 5) is 15.9. The van der Waals surface area contributed by atoms with Gasteiger partial charge in [-0.25, -0.2) is 4.68 Å². The Kier molecular flexibility index (Phi) is 5.48. The molecular weight excluding hydrogens is 424 g/mol. The van der Waals surface area contributed by atoms with Crippen LogP contribution >= 0.6 is 11.6 Å². The van der Waals surface area contributed by atoms with E-state index in [0.29, 0.717) is 36.0 Å². The van der Waals surface area contributed by atoms with Crippen molar-refractivity contribution in [2.75, 3.05) is 33.2 Å². The molecule has 3 heterocycles. The SMILES string of the molecule is CN1CCN(CCn2nc(C3=CC=C=C=C3)c3c(Cl)c(-c4ccccc4)nnc32)CC1=O. The van der Waals surface area contributed by atoms with Crippen molar-refractivity contribution >= 4 is 34.1 Å². The third-order valence-corrected chi connectivity index (χ3v) is 6.11. The molecule has 160 valence electrons. The van der Waals surface area contributed by atoms with E-state index in [0.717, 1.165) is 35.3 Å². The zero-order valence-corrected chi connectivity index (χ0v) is 18.4. The highest BCUT2D eigenvalue weighted by atomic mass is 35.5. The molecule has 1 aromatic carbocycles. The van der Waals surface area contributed by atoms with Crippen LogP contribution in [-0.2, 0) is 11.3 Å². The normalized spacial score (nSPS) is 16.2. The zero-order valence-electron chi connectivity index (χ0n) is 17.6. The Morgan fingerprint density at radius 2 is 1.91 bits per heavy atom. The van der Waals surface area contributed by atoms with Gasteiger partial charge < -0.3 is 4.90 Å².